The molecule has 0 saturated heterocycles. The maximum atomic E-state index is 14.7. The normalized spacial score (nSPS) is 12.8. The van der Waals surface area contributed by atoms with Gasteiger partial charge in [0.05, 0.1) is 18.8 Å². The van der Waals surface area contributed by atoms with Gasteiger partial charge >= 0.3 is 12.0 Å². The third-order valence-electron chi connectivity index (χ3n) is 4.62. The van der Waals surface area contributed by atoms with Crippen LogP contribution in [0.15, 0.2) is 36.4 Å². The maximum absolute atomic E-state index is 14.7. The van der Waals surface area contributed by atoms with E-state index in [1.165, 1.54) is 25.1 Å². The number of carbonyl (C=O) groups excluding carboxylic acids is 2. The van der Waals surface area contributed by atoms with Crippen LogP contribution in [0.25, 0.3) is 0 Å². The lowest BCUT2D eigenvalue weighted by Gasteiger charge is -2.29. The average molecular weight is 503 g/mol. The predicted molar refractivity (Wildman–Crippen MR) is 126 cm³/mol. The van der Waals surface area contributed by atoms with Crippen molar-refractivity contribution in [2.75, 3.05) is 32.1 Å². The number of halogens is 3. The predicted octanol–water partition coefficient (Wildman–Crippen LogP) is 4.26. The standard InChI is InChI=1S/C20H21F3N4O3S.CH4S/c1-24-31-25-15-6-4-5-13(17(15)21)11-27-10-12-7-8-14(9-16(12)30-19(27)29)20(22,23)18(28)26(2)3;1-2/h4-9,24-25H,10-11H2,1-3H3;2H,1H3. The Kier molecular flexibility index (Phi) is 9.32. The van der Waals surface area contributed by atoms with Crippen LogP contribution < -0.4 is 14.2 Å². The molecule has 0 spiro atoms. The molecule has 33 heavy (non-hydrogen) atoms. The second-order valence-electron chi connectivity index (χ2n) is 7.01. The molecule has 1 aliphatic heterocycles. The lowest BCUT2D eigenvalue weighted by molar-refractivity contribution is -0.156. The van der Waals surface area contributed by atoms with Gasteiger partial charge in [0, 0.05) is 42.9 Å². The molecule has 2 amide bonds. The minimum Gasteiger partial charge on any atom is -0.410 e. The van der Waals surface area contributed by atoms with Gasteiger partial charge < -0.3 is 14.4 Å². The van der Waals surface area contributed by atoms with Gasteiger partial charge in [0.25, 0.3) is 5.91 Å². The number of rotatable bonds is 7. The molecule has 0 atom stereocenters. The Balaban J connectivity index is 0.00000187. The van der Waals surface area contributed by atoms with E-state index in [1.807, 2.05) is 0 Å². The minimum absolute atomic E-state index is 0.0456. The molecule has 180 valence electrons. The Morgan fingerprint density at radius 3 is 2.61 bits per heavy atom. The summed E-state index contributed by atoms with van der Waals surface area (Å²) in [7, 11) is 4.14. The van der Waals surface area contributed by atoms with E-state index in [-0.39, 0.29) is 30.1 Å². The van der Waals surface area contributed by atoms with Crippen molar-refractivity contribution in [3.05, 3.63) is 58.9 Å². The van der Waals surface area contributed by atoms with Gasteiger partial charge in [0.15, 0.2) is 5.82 Å². The van der Waals surface area contributed by atoms with Crippen LogP contribution >= 0.6 is 24.8 Å². The highest BCUT2D eigenvalue weighted by Gasteiger charge is 2.43. The molecule has 3 rings (SSSR count). The van der Waals surface area contributed by atoms with E-state index in [0.29, 0.717) is 5.56 Å². The van der Waals surface area contributed by atoms with Crippen LogP contribution in [0.4, 0.5) is 23.7 Å². The van der Waals surface area contributed by atoms with E-state index in [0.717, 1.165) is 29.2 Å². The number of anilines is 1. The number of nitrogens with one attached hydrogen (secondary N) is 2. The van der Waals surface area contributed by atoms with Gasteiger partial charge in [-0.2, -0.15) is 21.4 Å². The molecule has 0 saturated carbocycles. The largest absolute Gasteiger partial charge is 0.415 e. The molecule has 12 heteroatoms. The highest BCUT2D eigenvalue weighted by Crippen LogP contribution is 2.36. The van der Waals surface area contributed by atoms with Gasteiger partial charge in [-0.15, -0.1) is 0 Å². The number of nitrogens with zero attached hydrogens (tertiary/aromatic N) is 2. The van der Waals surface area contributed by atoms with Crippen LogP contribution in [0, 0.1) is 5.82 Å². The van der Waals surface area contributed by atoms with E-state index in [9.17, 15) is 22.8 Å². The van der Waals surface area contributed by atoms with Gasteiger partial charge in [-0.1, -0.05) is 24.3 Å². The van der Waals surface area contributed by atoms with Crippen molar-refractivity contribution in [2.45, 2.75) is 19.0 Å². The van der Waals surface area contributed by atoms with Crippen LogP contribution in [0.2, 0.25) is 0 Å². The van der Waals surface area contributed by atoms with Crippen molar-refractivity contribution in [1.29, 1.82) is 0 Å². The fourth-order valence-corrected chi connectivity index (χ4v) is 3.39. The van der Waals surface area contributed by atoms with Gasteiger partial charge in [-0.3, -0.25) is 9.69 Å². The highest BCUT2D eigenvalue weighted by atomic mass is 32.2. The number of benzene rings is 2. The first kappa shape index (κ1) is 26.7. The van der Waals surface area contributed by atoms with Gasteiger partial charge in [-0.25, -0.2) is 13.9 Å². The quantitative estimate of drug-likeness (QED) is 0.388. The second-order valence-corrected chi connectivity index (χ2v) is 7.82. The number of carbonyl (C=O) groups is 2. The van der Waals surface area contributed by atoms with E-state index in [4.69, 9.17) is 4.74 Å². The minimum atomic E-state index is -3.76. The third-order valence-corrected chi connectivity index (χ3v) is 5.15. The van der Waals surface area contributed by atoms with Crippen molar-refractivity contribution >= 4 is 42.5 Å². The molecule has 2 aromatic carbocycles. The Hall–Kier alpha value is -2.57. The highest BCUT2D eigenvalue weighted by molar-refractivity contribution is 7.98. The third kappa shape index (κ3) is 6.06. The Morgan fingerprint density at radius 2 is 1.97 bits per heavy atom. The van der Waals surface area contributed by atoms with E-state index >= 15 is 0 Å². The molecule has 0 aromatic heterocycles. The zero-order valence-corrected chi connectivity index (χ0v) is 20.2. The zero-order chi connectivity index (χ0) is 24.8. The number of amides is 2. The number of alkyl halides is 2. The first-order chi connectivity index (χ1) is 15.6. The summed E-state index contributed by atoms with van der Waals surface area (Å²) in [5.74, 6) is -5.70. The van der Waals surface area contributed by atoms with Gasteiger partial charge in [0.2, 0.25) is 0 Å². The molecule has 0 bridgehead atoms. The lowest BCUT2D eigenvalue weighted by Crippen LogP contribution is -2.38. The molecule has 0 aliphatic carbocycles. The van der Waals surface area contributed by atoms with Crippen LogP contribution in [0.3, 0.4) is 0 Å². The summed E-state index contributed by atoms with van der Waals surface area (Å²) in [6.45, 7) is -0.0229. The molecule has 2 aromatic rings. The zero-order valence-electron chi connectivity index (χ0n) is 18.5. The monoisotopic (exact) mass is 502 g/mol. The maximum Gasteiger partial charge on any atom is 0.415 e. The van der Waals surface area contributed by atoms with Crippen molar-refractivity contribution in [3.8, 4) is 5.75 Å². The van der Waals surface area contributed by atoms with Crippen LogP contribution in [0.1, 0.15) is 16.7 Å². The Bertz CT molecular complexity index is 1010. The molecule has 2 N–H and O–H groups in total. The summed E-state index contributed by atoms with van der Waals surface area (Å²) in [6, 6.07) is 8.24. The topological polar surface area (TPSA) is 73.9 Å². The van der Waals surface area contributed by atoms with Crippen LogP contribution in [-0.2, 0) is 23.8 Å². The fraction of sp³-hybridized carbons (Fsp3) is 0.333. The summed E-state index contributed by atoms with van der Waals surface area (Å²) >= 11 is 4.62. The smallest absolute Gasteiger partial charge is 0.410 e. The molecule has 1 heterocycles. The molecule has 0 unspecified atom stereocenters. The van der Waals surface area contributed by atoms with Crippen molar-refractivity contribution in [1.82, 2.24) is 14.5 Å². The van der Waals surface area contributed by atoms with Crippen molar-refractivity contribution < 1.29 is 27.5 Å². The van der Waals surface area contributed by atoms with Crippen molar-refractivity contribution in [2.24, 2.45) is 0 Å². The SMILES string of the molecule is CNSNc1cccc(CN2Cc3ccc(C(F)(F)C(=O)N(C)C)cc3OC2=O)c1F.CS. The van der Waals surface area contributed by atoms with E-state index in [1.54, 1.807) is 31.5 Å². The molecule has 7 nitrogen and oxygen atoms in total. The van der Waals surface area contributed by atoms with E-state index < -0.39 is 29.3 Å². The Morgan fingerprint density at radius 1 is 1.27 bits per heavy atom. The number of ether oxygens (including phenoxy) is 1. The first-order valence-corrected chi connectivity index (χ1v) is 11.4. The number of hydrogen-bond acceptors (Lipinski definition) is 7. The van der Waals surface area contributed by atoms with Gasteiger partial charge in [0.1, 0.15) is 5.75 Å². The summed E-state index contributed by atoms with van der Waals surface area (Å²) < 4.78 is 54.3. The fourth-order valence-electron chi connectivity index (χ4n) is 3.02. The molecular weight excluding hydrogens is 477 g/mol. The first-order valence-electron chi connectivity index (χ1n) is 9.65. The lowest BCUT2D eigenvalue weighted by atomic mass is 10.0. The summed E-state index contributed by atoms with van der Waals surface area (Å²) in [5.41, 5.74) is 0.414. The number of hydrogen-bond donors (Lipinski definition) is 3. The summed E-state index contributed by atoms with van der Waals surface area (Å²) in [6.07, 6.45) is 0.897. The van der Waals surface area contributed by atoms with Crippen LogP contribution in [0.5, 0.6) is 5.75 Å². The second kappa shape index (κ2) is 11.5. The van der Waals surface area contributed by atoms with Gasteiger partial charge in [-0.05, 0) is 25.4 Å². The summed E-state index contributed by atoms with van der Waals surface area (Å²) in [4.78, 5) is 26.3. The number of fused-ring (bicyclic) bond motifs is 1. The van der Waals surface area contributed by atoms with E-state index in [2.05, 4.69) is 22.1 Å². The van der Waals surface area contributed by atoms with Crippen LogP contribution in [-0.4, -0.2) is 49.2 Å². The molecular formula is C21H25F3N4O3S2. The molecule has 1 aliphatic rings. The average Bonchev–Trinajstić information content (AvgIpc) is 2.80. The molecule has 0 fully saturated rings. The summed E-state index contributed by atoms with van der Waals surface area (Å²) in [5, 5.41) is 0. The Labute approximate surface area is 200 Å². The molecule has 0 radical (unpaired) electrons. The van der Waals surface area contributed by atoms with Crippen molar-refractivity contribution in [3.63, 3.8) is 0 Å². The number of likely N-dealkylation sites (N-methyl/N-ethyl adjacent to an activating group) is 1. The number of thiol groups is 1.